The largest absolute Gasteiger partial charge is 0.569 e. The van der Waals surface area contributed by atoms with Gasteiger partial charge in [-0.1, -0.05) is 0 Å². The Labute approximate surface area is 92.7 Å². The minimum atomic E-state index is -2.68. The first kappa shape index (κ1) is 13.3. The molecule has 89 valence electrons. The van der Waals surface area contributed by atoms with Gasteiger partial charge in [-0.05, 0) is 0 Å². The third kappa shape index (κ3) is 3.92. The van der Waals surface area contributed by atoms with Gasteiger partial charge in [0.05, 0.1) is 12.7 Å². The summed E-state index contributed by atoms with van der Waals surface area (Å²) in [6.45, 7) is 0.743. The van der Waals surface area contributed by atoms with Crippen LogP contribution in [-0.4, -0.2) is 59.5 Å². The third-order valence-corrected chi connectivity index (χ3v) is 6.85. The van der Waals surface area contributed by atoms with Gasteiger partial charge >= 0.3 is 18.3 Å². The van der Waals surface area contributed by atoms with Gasteiger partial charge in [0.25, 0.3) is 0 Å². The Morgan fingerprint density at radius 1 is 1.20 bits per heavy atom. The maximum Gasteiger partial charge on any atom is 0.569 e. The summed E-state index contributed by atoms with van der Waals surface area (Å²) in [5.74, 6) is 0. The highest BCUT2D eigenvalue weighted by molar-refractivity contribution is 6.67. The van der Waals surface area contributed by atoms with E-state index in [1.54, 1.807) is 14.2 Å². The zero-order valence-corrected chi connectivity index (χ0v) is 11.4. The Morgan fingerprint density at radius 3 is 2.07 bits per heavy atom. The van der Waals surface area contributed by atoms with Crippen molar-refractivity contribution in [3.05, 3.63) is 0 Å². The van der Waals surface area contributed by atoms with Crippen LogP contribution in [-0.2, 0) is 26.6 Å². The standard InChI is InChI=1S/C7H17O6Si2/c1-8-14(9-2)13-15(10-3,11-4)6-7-5-12-7/h7H,5-6H2,1-4H3. The maximum absolute atomic E-state index is 5.66. The molecule has 1 heterocycles. The molecular weight excluding hydrogens is 236 g/mol. The molecule has 1 radical (unpaired) electrons. The fourth-order valence-corrected chi connectivity index (χ4v) is 5.28. The average Bonchev–Trinajstić information content (AvgIpc) is 3.08. The van der Waals surface area contributed by atoms with E-state index in [1.165, 1.54) is 14.2 Å². The van der Waals surface area contributed by atoms with Gasteiger partial charge in [0.1, 0.15) is 0 Å². The monoisotopic (exact) mass is 253 g/mol. The van der Waals surface area contributed by atoms with Crippen molar-refractivity contribution in [2.45, 2.75) is 12.1 Å². The first-order chi connectivity index (χ1) is 7.19. The molecule has 0 bridgehead atoms. The smallest absolute Gasteiger partial charge is 0.377 e. The molecule has 15 heavy (non-hydrogen) atoms. The van der Waals surface area contributed by atoms with Gasteiger partial charge in [-0.3, -0.25) is 0 Å². The molecule has 1 aliphatic heterocycles. The molecule has 0 aromatic carbocycles. The molecular formula is C7H17O6Si2. The van der Waals surface area contributed by atoms with Crippen molar-refractivity contribution in [2.75, 3.05) is 35.0 Å². The normalized spacial score (nSPS) is 21.0. The van der Waals surface area contributed by atoms with Gasteiger partial charge < -0.3 is 26.6 Å². The Hall–Kier alpha value is 0.194. The first-order valence-corrected chi connectivity index (χ1v) is 7.71. The fraction of sp³-hybridized carbons (Fsp3) is 1.00. The molecule has 1 rings (SSSR count). The van der Waals surface area contributed by atoms with Crippen LogP contribution in [0.15, 0.2) is 0 Å². The van der Waals surface area contributed by atoms with Crippen molar-refractivity contribution in [2.24, 2.45) is 0 Å². The van der Waals surface area contributed by atoms with Crippen molar-refractivity contribution < 1.29 is 26.6 Å². The lowest BCUT2D eigenvalue weighted by atomic mass is 10.6. The molecule has 1 atom stereocenters. The third-order valence-electron chi connectivity index (χ3n) is 2.07. The second-order valence-corrected chi connectivity index (χ2v) is 7.73. The average molecular weight is 253 g/mol. The highest BCUT2D eigenvalue weighted by atomic mass is 28.4. The van der Waals surface area contributed by atoms with Crippen LogP contribution in [0.1, 0.15) is 0 Å². The van der Waals surface area contributed by atoms with Crippen LogP contribution in [0.3, 0.4) is 0 Å². The number of epoxide rings is 1. The van der Waals surface area contributed by atoms with Crippen molar-refractivity contribution in [3.63, 3.8) is 0 Å². The molecule has 1 unspecified atom stereocenters. The molecule has 0 aliphatic carbocycles. The summed E-state index contributed by atoms with van der Waals surface area (Å²) in [6, 6.07) is 0.640. The van der Waals surface area contributed by atoms with E-state index in [0.29, 0.717) is 6.04 Å². The van der Waals surface area contributed by atoms with Gasteiger partial charge in [-0.25, -0.2) is 0 Å². The number of hydrogen-bond acceptors (Lipinski definition) is 6. The van der Waals surface area contributed by atoms with Gasteiger partial charge in [0, 0.05) is 34.5 Å². The molecule has 1 saturated heterocycles. The molecule has 0 N–H and O–H groups in total. The Morgan fingerprint density at radius 2 is 1.73 bits per heavy atom. The van der Waals surface area contributed by atoms with E-state index in [1.807, 2.05) is 0 Å². The quantitative estimate of drug-likeness (QED) is 0.445. The number of ether oxygens (including phenoxy) is 1. The minimum Gasteiger partial charge on any atom is -0.377 e. The highest BCUT2D eigenvalue weighted by Gasteiger charge is 2.48. The molecule has 8 heteroatoms. The molecule has 1 fully saturated rings. The van der Waals surface area contributed by atoms with E-state index in [0.717, 1.165) is 6.61 Å². The van der Waals surface area contributed by atoms with E-state index in [-0.39, 0.29) is 6.10 Å². The predicted molar refractivity (Wildman–Crippen MR) is 55.2 cm³/mol. The van der Waals surface area contributed by atoms with Crippen LogP contribution in [0.4, 0.5) is 0 Å². The predicted octanol–water partition coefficient (Wildman–Crippen LogP) is -0.0888. The lowest BCUT2D eigenvalue weighted by Crippen LogP contribution is -2.50. The van der Waals surface area contributed by atoms with E-state index in [2.05, 4.69) is 0 Å². The van der Waals surface area contributed by atoms with Crippen molar-refractivity contribution in [3.8, 4) is 0 Å². The number of hydrogen-bond donors (Lipinski definition) is 0. The van der Waals surface area contributed by atoms with Crippen LogP contribution in [0, 0.1) is 0 Å². The van der Waals surface area contributed by atoms with Gasteiger partial charge in [0.15, 0.2) is 0 Å². The highest BCUT2D eigenvalue weighted by Crippen LogP contribution is 2.25. The van der Waals surface area contributed by atoms with E-state index >= 15 is 0 Å². The summed E-state index contributed by atoms with van der Waals surface area (Å²) in [6.07, 6.45) is 0.188. The van der Waals surface area contributed by atoms with Crippen LogP contribution in [0.25, 0.3) is 0 Å². The molecule has 1 aliphatic rings. The minimum absolute atomic E-state index is 0.188. The molecule has 0 saturated carbocycles. The van der Waals surface area contributed by atoms with Crippen LogP contribution in [0.5, 0.6) is 0 Å². The van der Waals surface area contributed by atoms with Crippen molar-refractivity contribution >= 4 is 18.3 Å². The molecule has 0 aromatic heterocycles. The maximum atomic E-state index is 5.66. The zero-order valence-electron chi connectivity index (χ0n) is 9.44. The second kappa shape index (κ2) is 6.06. The summed E-state index contributed by atoms with van der Waals surface area (Å²) in [4.78, 5) is 0. The van der Waals surface area contributed by atoms with Crippen molar-refractivity contribution in [1.29, 1.82) is 0 Å². The molecule has 0 aromatic rings. The summed E-state index contributed by atoms with van der Waals surface area (Å²) in [5, 5.41) is 0. The zero-order chi connectivity index (χ0) is 11.3. The summed E-state index contributed by atoms with van der Waals surface area (Å²) in [7, 11) is 1.78. The lowest BCUT2D eigenvalue weighted by molar-refractivity contribution is 0.107. The SMILES string of the molecule is CO[Si](OC)O[Si](CC1CO1)(OC)OC. The van der Waals surface area contributed by atoms with Crippen LogP contribution < -0.4 is 0 Å². The Balaban J connectivity index is 2.52. The van der Waals surface area contributed by atoms with E-state index in [4.69, 9.17) is 26.6 Å². The van der Waals surface area contributed by atoms with E-state index < -0.39 is 18.3 Å². The topological polar surface area (TPSA) is 58.7 Å². The van der Waals surface area contributed by atoms with Gasteiger partial charge in [-0.2, -0.15) is 0 Å². The molecule has 0 amide bonds. The van der Waals surface area contributed by atoms with E-state index in [9.17, 15) is 0 Å². The lowest BCUT2D eigenvalue weighted by Gasteiger charge is -2.27. The first-order valence-electron chi connectivity index (χ1n) is 4.55. The Kier molecular flexibility index (Phi) is 5.36. The van der Waals surface area contributed by atoms with Gasteiger partial charge in [-0.15, -0.1) is 0 Å². The summed E-state index contributed by atoms with van der Waals surface area (Å²) in [5.41, 5.74) is 0. The number of rotatable bonds is 8. The summed E-state index contributed by atoms with van der Waals surface area (Å²) < 4.78 is 31.6. The van der Waals surface area contributed by atoms with Crippen molar-refractivity contribution in [1.82, 2.24) is 0 Å². The Bertz CT molecular complexity index is 180. The second-order valence-electron chi connectivity index (χ2n) is 3.01. The van der Waals surface area contributed by atoms with Crippen LogP contribution in [0.2, 0.25) is 6.04 Å². The molecule has 6 nitrogen and oxygen atoms in total. The van der Waals surface area contributed by atoms with Gasteiger partial charge in [0.2, 0.25) is 0 Å². The fourth-order valence-electron chi connectivity index (χ4n) is 1.13. The summed E-state index contributed by atoms with van der Waals surface area (Å²) >= 11 is 0. The van der Waals surface area contributed by atoms with Crippen LogP contribution >= 0.6 is 0 Å². The molecule has 0 spiro atoms.